The van der Waals surface area contributed by atoms with Crippen LogP contribution in [0.3, 0.4) is 0 Å². The molecule has 1 unspecified atom stereocenters. The third-order valence-corrected chi connectivity index (χ3v) is 7.98. The van der Waals surface area contributed by atoms with E-state index in [2.05, 4.69) is 31.3 Å². The van der Waals surface area contributed by atoms with Crippen LogP contribution in [-0.4, -0.2) is 57.4 Å². The molecule has 3 fully saturated rings. The summed E-state index contributed by atoms with van der Waals surface area (Å²) >= 11 is 2.01. The summed E-state index contributed by atoms with van der Waals surface area (Å²) in [6.45, 7) is 3.87. The second-order valence-electron chi connectivity index (χ2n) is 8.89. The number of nitrogens with zero attached hydrogens (tertiary/aromatic N) is 5. The molecule has 1 atom stereocenters. The molecule has 9 heteroatoms. The van der Waals surface area contributed by atoms with Gasteiger partial charge in [-0.1, -0.05) is 0 Å². The molecule has 5 heterocycles. The molecule has 3 saturated heterocycles. The van der Waals surface area contributed by atoms with E-state index in [0.717, 1.165) is 67.7 Å². The quantitative estimate of drug-likeness (QED) is 0.625. The van der Waals surface area contributed by atoms with Gasteiger partial charge in [-0.2, -0.15) is 21.8 Å². The molecular weight excluding hydrogens is 412 g/mol. The lowest BCUT2D eigenvalue weighted by atomic mass is 10.1. The Morgan fingerprint density at radius 3 is 2.81 bits per heavy atom. The minimum Gasteiger partial charge on any atom is -0.431 e. The van der Waals surface area contributed by atoms with Crippen LogP contribution in [0.25, 0.3) is 10.9 Å². The van der Waals surface area contributed by atoms with Crippen molar-refractivity contribution in [2.75, 3.05) is 47.0 Å². The minimum absolute atomic E-state index is 0.244. The molecule has 6 rings (SSSR count). The van der Waals surface area contributed by atoms with Crippen LogP contribution in [0, 0.1) is 0 Å². The first kappa shape index (κ1) is 19.0. The van der Waals surface area contributed by atoms with Crippen molar-refractivity contribution in [1.82, 2.24) is 14.8 Å². The van der Waals surface area contributed by atoms with Crippen LogP contribution in [-0.2, 0) is 7.05 Å². The number of benzene rings is 1. The Labute approximate surface area is 185 Å². The van der Waals surface area contributed by atoms with Gasteiger partial charge >= 0.3 is 0 Å². The van der Waals surface area contributed by atoms with Crippen LogP contribution in [0.1, 0.15) is 36.2 Å². The molecule has 1 spiro atoms. The summed E-state index contributed by atoms with van der Waals surface area (Å²) in [6.07, 6.45) is 8.18. The SMILES string of the molecule is Cn1cc2cc(NC(=O)c3coc(N4CCC5(CS5)C4)n3)c(N3CCCCC3)cc2n1. The predicted molar refractivity (Wildman–Crippen MR) is 123 cm³/mol. The standard InChI is InChI=1S/C22H26N6O2S/c1-26-11-15-9-17(19(10-16(15)25-26)27-6-3-2-4-7-27)23-20(29)18-12-30-21(24-18)28-8-5-22(13-28)14-31-22/h9-12H,2-8,13-14H2,1H3,(H,23,29). The molecule has 0 aliphatic carbocycles. The van der Waals surface area contributed by atoms with Gasteiger partial charge in [0.25, 0.3) is 11.9 Å². The number of hydrogen-bond acceptors (Lipinski definition) is 7. The number of carbonyl (C=O) groups excluding carboxylic acids is 1. The van der Waals surface area contributed by atoms with Gasteiger partial charge in [0.2, 0.25) is 0 Å². The van der Waals surface area contributed by atoms with E-state index in [1.54, 1.807) is 4.68 Å². The number of rotatable bonds is 4. The van der Waals surface area contributed by atoms with Crippen LogP contribution in [0.15, 0.2) is 29.0 Å². The van der Waals surface area contributed by atoms with Gasteiger partial charge in [0.15, 0.2) is 5.69 Å². The van der Waals surface area contributed by atoms with Crippen molar-refractivity contribution >= 4 is 46.0 Å². The normalized spacial score (nSPS) is 23.1. The van der Waals surface area contributed by atoms with Crippen LogP contribution in [0.2, 0.25) is 0 Å². The Bertz CT molecular complexity index is 1140. The summed E-state index contributed by atoms with van der Waals surface area (Å²) in [5.74, 6) is 0.972. The van der Waals surface area contributed by atoms with Crippen molar-refractivity contribution < 1.29 is 9.21 Å². The van der Waals surface area contributed by atoms with Gasteiger partial charge in [0.05, 0.1) is 16.9 Å². The summed E-state index contributed by atoms with van der Waals surface area (Å²) in [6, 6.07) is 4.65. The van der Waals surface area contributed by atoms with E-state index in [1.807, 2.05) is 31.1 Å². The first-order chi connectivity index (χ1) is 15.1. The van der Waals surface area contributed by atoms with E-state index in [0.29, 0.717) is 16.5 Å². The van der Waals surface area contributed by atoms with E-state index in [1.165, 1.54) is 18.4 Å². The summed E-state index contributed by atoms with van der Waals surface area (Å²) in [5.41, 5.74) is 3.07. The van der Waals surface area contributed by atoms with Crippen molar-refractivity contribution in [3.63, 3.8) is 0 Å². The molecule has 3 aliphatic heterocycles. The largest absolute Gasteiger partial charge is 0.431 e. The van der Waals surface area contributed by atoms with Gasteiger partial charge in [-0.25, -0.2) is 0 Å². The number of fused-ring (bicyclic) bond motifs is 1. The number of piperidine rings is 1. The summed E-state index contributed by atoms with van der Waals surface area (Å²) in [4.78, 5) is 22.1. The number of anilines is 3. The highest BCUT2D eigenvalue weighted by atomic mass is 32.2. The highest BCUT2D eigenvalue weighted by Crippen LogP contribution is 2.51. The third-order valence-electron chi connectivity index (χ3n) is 6.55. The number of aromatic nitrogens is 3. The topological polar surface area (TPSA) is 79.4 Å². The Morgan fingerprint density at radius 2 is 2.03 bits per heavy atom. The van der Waals surface area contributed by atoms with Gasteiger partial charge < -0.3 is 19.5 Å². The van der Waals surface area contributed by atoms with Gasteiger partial charge in [-0.15, -0.1) is 0 Å². The molecule has 2 aromatic heterocycles. The van der Waals surface area contributed by atoms with Crippen molar-refractivity contribution in [2.24, 2.45) is 7.05 Å². The average Bonchev–Trinajstić information content (AvgIpc) is 3.11. The molecular formula is C22H26N6O2S. The molecule has 1 amide bonds. The molecule has 162 valence electrons. The lowest BCUT2D eigenvalue weighted by Crippen LogP contribution is -2.30. The van der Waals surface area contributed by atoms with Gasteiger partial charge in [0.1, 0.15) is 6.26 Å². The molecule has 1 N–H and O–H groups in total. The summed E-state index contributed by atoms with van der Waals surface area (Å²) in [7, 11) is 1.92. The lowest BCUT2D eigenvalue weighted by Gasteiger charge is -2.30. The Hall–Kier alpha value is -2.68. The zero-order chi connectivity index (χ0) is 21.0. The molecule has 8 nitrogen and oxygen atoms in total. The molecule has 0 saturated carbocycles. The maximum Gasteiger partial charge on any atom is 0.297 e. The summed E-state index contributed by atoms with van der Waals surface area (Å²) in [5, 5.41) is 8.65. The van der Waals surface area contributed by atoms with E-state index in [9.17, 15) is 4.79 Å². The number of thioether (sulfide) groups is 1. The Kier molecular flexibility index (Phi) is 4.41. The second-order valence-corrected chi connectivity index (χ2v) is 10.3. The maximum atomic E-state index is 13.1. The van der Waals surface area contributed by atoms with Gasteiger partial charge in [-0.05, 0) is 37.8 Å². The zero-order valence-electron chi connectivity index (χ0n) is 17.6. The smallest absolute Gasteiger partial charge is 0.297 e. The average molecular weight is 439 g/mol. The fourth-order valence-electron chi connectivity index (χ4n) is 4.73. The van der Waals surface area contributed by atoms with Crippen LogP contribution in [0.5, 0.6) is 0 Å². The third kappa shape index (κ3) is 3.54. The summed E-state index contributed by atoms with van der Waals surface area (Å²) < 4.78 is 7.88. The van der Waals surface area contributed by atoms with Gasteiger partial charge in [0, 0.05) is 55.3 Å². The fourth-order valence-corrected chi connectivity index (χ4v) is 5.65. The second kappa shape index (κ2) is 7.19. The fraction of sp³-hybridized carbons (Fsp3) is 0.500. The minimum atomic E-state index is -0.244. The number of amides is 1. The monoisotopic (exact) mass is 438 g/mol. The number of nitrogens with one attached hydrogen (secondary N) is 1. The molecule has 0 radical (unpaired) electrons. The maximum absolute atomic E-state index is 13.1. The molecule has 3 aromatic rings. The van der Waals surface area contributed by atoms with Crippen LogP contribution >= 0.6 is 11.8 Å². The van der Waals surface area contributed by atoms with Crippen molar-refractivity contribution in [3.05, 3.63) is 30.3 Å². The van der Waals surface area contributed by atoms with E-state index >= 15 is 0 Å². The van der Waals surface area contributed by atoms with E-state index in [4.69, 9.17) is 4.42 Å². The first-order valence-corrected chi connectivity index (χ1v) is 12.0. The lowest BCUT2D eigenvalue weighted by molar-refractivity contribution is 0.102. The Morgan fingerprint density at radius 1 is 1.19 bits per heavy atom. The van der Waals surface area contributed by atoms with Crippen LogP contribution in [0.4, 0.5) is 17.4 Å². The highest BCUT2D eigenvalue weighted by Gasteiger charge is 2.50. The molecule has 1 aromatic carbocycles. The molecule has 3 aliphatic rings. The zero-order valence-corrected chi connectivity index (χ0v) is 18.5. The number of oxazole rings is 1. The molecule has 31 heavy (non-hydrogen) atoms. The van der Waals surface area contributed by atoms with Crippen molar-refractivity contribution in [2.45, 2.75) is 30.4 Å². The van der Waals surface area contributed by atoms with Crippen LogP contribution < -0.4 is 15.1 Å². The molecule has 0 bridgehead atoms. The first-order valence-electron chi connectivity index (χ1n) is 11.0. The highest BCUT2D eigenvalue weighted by molar-refractivity contribution is 8.07. The van der Waals surface area contributed by atoms with Gasteiger partial charge in [-0.3, -0.25) is 9.48 Å². The predicted octanol–water partition coefficient (Wildman–Crippen LogP) is 3.50. The number of aryl methyl sites for hydroxylation is 1. The Balaban J connectivity index is 1.26. The van der Waals surface area contributed by atoms with E-state index < -0.39 is 0 Å². The number of carbonyl (C=O) groups is 1. The van der Waals surface area contributed by atoms with Crippen molar-refractivity contribution in [3.8, 4) is 0 Å². The van der Waals surface area contributed by atoms with E-state index in [-0.39, 0.29) is 5.91 Å². The number of hydrogen-bond donors (Lipinski definition) is 1. The van der Waals surface area contributed by atoms with Crippen molar-refractivity contribution in [1.29, 1.82) is 0 Å².